The number of alkyl halides is 3. The number of benzene rings is 3. The molecule has 1 saturated carbocycles. The van der Waals surface area contributed by atoms with Gasteiger partial charge in [-0.05, 0) is 29.7 Å². The van der Waals surface area contributed by atoms with Crippen LogP contribution in [0.15, 0.2) is 91.3 Å². The molecule has 1 fully saturated rings. The fourth-order valence-corrected chi connectivity index (χ4v) is 6.75. The van der Waals surface area contributed by atoms with Gasteiger partial charge >= 0.3 is 18.2 Å². The molecule has 6 N–H and O–H groups in total. The van der Waals surface area contributed by atoms with Gasteiger partial charge < -0.3 is 45.7 Å². The molecule has 0 bridgehead atoms. The Morgan fingerprint density at radius 2 is 1.61 bits per heavy atom. The summed E-state index contributed by atoms with van der Waals surface area (Å²) in [5, 5.41) is 25.2. The second-order valence-corrected chi connectivity index (χ2v) is 13.5. The summed E-state index contributed by atoms with van der Waals surface area (Å²) in [5.41, 5.74) is 2.64. The summed E-state index contributed by atoms with van der Waals surface area (Å²) in [5.74, 6) is -3.65. The van der Waals surface area contributed by atoms with Crippen molar-refractivity contribution in [1.82, 2.24) is 35.5 Å². The molecule has 2 aromatic heterocycles. The van der Waals surface area contributed by atoms with Gasteiger partial charge in [-0.3, -0.25) is 9.59 Å². The van der Waals surface area contributed by atoms with E-state index in [1.54, 1.807) is 24.3 Å². The van der Waals surface area contributed by atoms with Crippen LogP contribution in [0.4, 0.5) is 29.5 Å². The quantitative estimate of drug-likeness (QED) is 0.0648. The normalized spacial score (nSPS) is 17.6. The molecule has 4 atom stereocenters. The Labute approximate surface area is 335 Å². The highest BCUT2D eigenvalue weighted by atomic mass is 19.4. The van der Waals surface area contributed by atoms with Crippen molar-refractivity contribution >= 4 is 46.5 Å². The molecule has 59 heavy (non-hydrogen) atoms. The van der Waals surface area contributed by atoms with E-state index in [0.717, 1.165) is 11.1 Å². The lowest BCUT2D eigenvalue weighted by atomic mass is 9.91. The van der Waals surface area contributed by atoms with E-state index in [1.807, 2.05) is 60.7 Å². The van der Waals surface area contributed by atoms with Crippen LogP contribution < -0.4 is 31.3 Å². The summed E-state index contributed by atoms with van der Waals surface area (Å²) in [6, 6.07) is 23.2. The number of amides is 4. The Morgan fingerprint density at radius 3 is 2.25 bits per heavy atom. The summed E-state index contributed by atoms with van der Waals surface area (Å²) in [4.78, 5) is 63.9. The number of anilines is 2. The Balaban J connectivity index is 1.28. The predicted octanol–water partition coefficient (Wildman–Crippen LogP) is 4.31. The number of fused-ring (bicyclic) bond motifs is 1. The fourth-order valence-electron chi connectivity index (χ4n) is 6.75. The number of methoxy groups -OCH3 is 1. The molecule has 16 nitrogen and oxygen atoms in total. The number of hydrogen-bond acceptors (Lipinski definition) is 11. The molecule has 4 amide bonds. The average Bonchev–Trinajstić information content (AvgIpc) is 3.79. The first-order valence-corrected chi connectivity index (χ1v) is 18.7. The van der Waals surface area contributed by atoms with E-state index < -0.39 is 54.3 Å². The monoisotopic (exact) mass is 817 g/mol. The van der Waals surface area contributed by atoms with E-state index in [9.17, 15) is 37.5 Å². The maximum absolute atomic E-state index is 13.6. The van der Waals surface area contributed by atoms with Crippen molar-refractivity contribution in [2.45, 2.75) is 56.2 Å². The molecule has 1 aliphatic carbocycles. The Morgan fingerprint density at radius 1 is 0.932 bits per heavy atom. The van der Waals surface area contributed by atoms with Crippen LogP contribution in [-0.4, -0.2) is 99.6 Å². The number of halogens is 3. The lowest BCUT2D eigenvalue weighted by molar-refractivity contribution is -0.209. The van der Waals surface area contributed by atoms with Gasteiger partial charge in [0.1, 0.15) is 17.4 Å². The van der Waals surface area contributed by atoms with Gasteiger partial charge in [0.05, 0.1) is 25.5 Å². The molecule has 3 aromatic carbocycles. The summed E-state index contributed by atoms with van der Waals surface area (Å²) in [6.07, 6.45) is -7.84. The highest BCUT2D eigenvalue weighted by Gasteiger charge is 2.51. The molecular formula is C40H42F3N9O7. The number of aliphatic hydroxyl groups is 1. The maximum Gasteiger partial charge on any atom is 0.490 e. The van der Waals surface area contributed by atoms with E-state index in [0.29, 0.717) is 11.4 Å². The van der Waals surface area contributed by atoms with E-state index in [2.05, 4.69) is 41.5 Å². The van der Waals surface area contributed by atoms with Gasteiger partial charge in [0.25, 0.3) is 5.91 Å². The highest BCUT2D eigenvalue weighted by molar-refractivity contribution is 5.94. The van der Waals surface area contributed by atoms with E-state index >= 15 is 0 Å². The zero-order valence-corrected chi connectivity index (χ0v) is 31.9. The molecule has 2 heterocycles. The van der Waals surface area contributed by atoms with E-state index in [4.69, 9.17) is 9.47 Å². The van der Waals surface area contributed by atoms with Gasteiger partial charge in [0, 0.05) is 43.7 Å². The van der Waals surface area contributed by atoms with Crippen LogP contribution in [0.2, 0.25) is 0 Å². The van der Waals surface area contributed by atoms with Gasteiger partial charge in [-0.1, -0.05) is 73.7 Å². The van der Waals surface area contributed by atoms with Crippen molar-refractivity contribution in [3.05, 3.63) is 108 Å². The molecule has 0 saturated heterocycles. The van der Waals surface area contributed by atoms with Gasteiger partial charge in [-0.25, -0.2) is 24.5 Å². The zero-order chi connectivity index (χ0) is 42.1. The van der Waals surface area contributed by atoms with Crippen LogP contribution >= 0.6 is 0 Å². The number of esters is 1. The smallest absolute Gasteiger partial charge is 0.490 e. The zero-order valence-electron chi connectivity index (χ0n) is 31.9. The molecule has 0 spiro atoms. The lowest BCUT2D eigenvalue weighted by Gasteiger charge is -2.24. The van der Waals surface area contributed by atoms with Crippen LogP contribution in [0, 0.1) is 0 Å². The molecule has 5 aromatic rings. The number of urea groups is 1. The second-order valence-electron chi connectivity index (χ2n) is 13.5. The van der Waals surface area contributed by atoms with Gasteiger partial charge in [-0.15, -0.1) is 0 Å². The largest absolute Gasteiger partial charge is 0.497 e. The van der Waals surface area contributed by atoms with Crippen LogP contribution in [-0.2, 0) is 14.3 Å². The molecule has 310 valence electrons. The number of rotatable bonds is 15. The number of carbonyl (C=O) groups is 4. The Kier molecular flexibility index (Phi) is 13.2. The van der Waals surface area contributed by atoms with Gasteiger partial charge in [-0.2, -0.15) is 13.2 Å². The summed E-state index contributed by atoms with van der Waals surface area (Å²) in [7, 11) is 1.50. The third-order valence-electron chi connectivity index (χ3n) is 9.65. The minimum atomic E-state index is -5.36. The number of nitrogens with zero attached hydrogens (tertiary/aromatic N) is 4. The molecule has 0 aliphatic heterocycles. The van der Waals surface area contributed by atoms with E-state index in [-0.39, 0.29) is 61.2 Å². The molecule has 1 aliphatic rings. The molecular weight excluding hydrogens is 775 g/mol. The number of aliphatic hydroxyl groups excluding tert-OH is 1. The predicted molar refractivity (Wildman–Crippen MR) is 209 cm³/mol. The van der Waals surface area contributed by atoms with Crippen molar-refractivity contribution in [3.8, 4) is 5.75 Å². The first kappa shape index (κ1) is 41.9. The number of aromatic nitrogens is 4. The number of ether oxygens (including phenoxy) is 2. The SMILES string of the molecule is CCC(=O)N[C@H]1C[C@@H](n2cnc3c(NCC(c4ccccc4)c4ccccc4)nc(C(=O)NCCNC(=O)Nc4cccc(OC)c4)nc32)[C@H](O)[C@@H]1OC(=O)C(F)(F)F. The van der Waals surface area contributed by atoms with Crippen molar-refractivity contribution in [3.63, 3.8) is 0 Å². The Hall–Kier alpha value is -6.76. The van der Waals surface area contributed by atoms with Crippen molar-refractivity contribution in [1.29, 1.82) is 0 Å². The number of hydrogen-bond donors (Lipinski definition) is 6. The average molecular weight is 818 g/mol. The first-order chi connectivity index (χ1) is 28.4. The van der Waals surface area contributed by atoms with Crippen LogP contribution in [0.5, 0.6) is 5.75 Å². The molecule has 19 heteroatoms. The van der Waals surface area contributed by atoms with Gasteiger partial charge in [0.15, 0.2) is 17.6 Å². The first-order valence-electron chi connectivity index (χ1n) is 18.7. The lowest BCUT2D eigenvalue weighted by Crippen LogP contribution is -2.47. The minimum Gasteiger partial charge on any atom is -0.497 e. The standard InChI is InChI=1S/C40H42F3N9O7/c1-3-30(53)49-28-20-29(32(54)33(28)59-38(56)40(41,42)43)52-22-47-31-34(46-21-27(23-11-6-4-7-12-23)24-13-8-5-9-14-24)50-35(51-36(31)52)37(55)44-17-18-45-39(57)48-25-15-10-16-26(19-25)58-2/h4-16,19,22,27-29,32-33,54H,3,17-18,20-21H2,1-2H3,(H,44,55)(H,49,53)(H2,45,48,57)(H,46,50,51)/t28-,29+,32-,33+/m0/s1. The van der Waals surface area contributed by atoms with Crippen molar-refractivity contribution in [2.75, 3.05) is 37.4 Å². The summed E-state index contributed by atoms with van der Waals surface area (Å²) >= 11 is 0. The summed E-state index contributed by atoms with van der Waals surface area (Å²) < 4.78 is 51.1. The fraction of sp³-hybridized carbons (Fsp3) is 0.325. The van der Waals surface area contributed by atoms with Crippen LogP contribution in [0.1, 0.15) is 53.5 Å². The second kappa shape index (κ2) is 18.7. The number of imidazole rings is 1. The van der Waals surface area contributed by atoms with E-state index in [1.165, 1.54) is 24.9 Å². The molecule has 0 radical (unpaired) electrons. The highest BCUT2D eigenvalue weighted by Crippen LogP contribution is 2.37. The topological polar surface area (TPSA) is 211 Å². The number of carbonyl (C=O) groups excluding carboxylic acids is 4. The third kappa shape index (κ3) is 10.2. The third-order valence-corrected chi connectivity index (χ3v) is 9.65. The maximum atomic E-state index is 13.6. The minimum absolute atomic E-state index is 0.0137. The van der Waals surface area contributed by atoms with Gasteiger partial charge in [0.2, 0.25) is 11.7 Å². The summed E-state index contributed by atoms with van der Waals surface area (Å²) in [6.45, 7) is 1.78. The van der Waals surface area contributed by atoms with Crippen LogP contribution in [0.25, 0.3) is 11.2 Å². The molecule has 0 unspecified atom stereocenters. The van der Waals surface area contributed by atoms with Crippen LogP contribution in [0.3, 0.4) is 0 Å². The molecule has 6 rings (SSSR count). The Bertz CT molecular complexity index is 2220. The number of nitrogens with one attached hydrogen (secondary N) is 5. The van der Waals surface area contributed by atoms with Crippen molar-refractivity contribution in [2.24, 2.45) is 0 Å². The van der Waals surface area contributed by atoms with Crippen molar-refractivity contribution < 1.29 is 46.9 Å².